The second kappa shape index (κ2) is 6.12. The van der Waals surface area contributed by atoms with Gasteiger partial charge >= 0.3 is 0 Å². The molecule has 0 atom stereocenters. The van der Waals surface area contributed by atoms with E-state index in [9.17, 15) is 10.1 Å². The molecule has 0 saturated heterocycles. The van der Waals surface area contributed by atoms with E-state index in [1.807, 2.05) is 6.07 Å². The molecule has 0 heterocycles. The lowest BCUT2D eigenvalue weighted by atomic mass is 10.0. The molecule has 0 bridgehead atoms. The lowest BCUT2D eigenvalue weighted by Crippen LogP contribution is -2.24. The summed E-state index contributed by atoms with van der Waals surface area (Å²) < 4.78 is 5.12. The van der Waals surface area contributed by atoms with Crippen molar-refractivity contribution < 1.29 is 9.66 Å². The monoisotopic (exact) mass is 264 g/mol. The Morgan fingerprint density at radius 3 is 2.89 bits per heavy atom. The van der Waals surface area contributed by atoms with Crippen LogP contribution >= 0.6 is 0 Å². The zero-order chi connectivity index (χ0) is 13.7. The smallest absolute Gasteiger partial charge is 0.269 e. The summed E-state index contributed by atoms with van der Waals surface area (Å²) in [7, 11) is 1.73. The van der Waals surface area contributed by atoms with Crippen molar-refractivity contribution >= 4 is 5.69 Å². The molecule has 0 spiro atoms. The zero-order valence-electron chi connectivity index (χ0n) is 11.2. The number of ether oxygens (including phenoxy) is 1. The van der Waals surface area contributed by atoms with Crippen molar-refractivity contribution in [3.05, 3.63) is 39.9 Å². The number of nitrogens with one attached hydrogen (secondary N) is 1. The number of nitro groups is 1. The van der Waals surface area contributed by atoms with E-state index in [0.29, 0.717) is 12.0 Å². The summed E-state index contributed by atoms with van der Waals surface area (Å²) in [5.74, 6) is 0. The van der Waals surface area contributed by atoms with Gasteiger partial charge in [-0.2, -0.15) is 0 Å². The van der Waals surface area contributed by atoms with E-state index in [-0.39, 0.29) is 10.6 Å². The highest BCUT2D eigenvalue weighted by molar-refractivity contribution is 5.34. The molecule has 1 fully saturated rings. The first kappa shape index (κ1) is 14.0. The molecule has 19 heavy (non-hydrogen) atoms. The maximum Gasteiger partial charge on any atom is 0.269 e. The van der Waals surface area contributed by atoms with Gasteiger partial charge in [-0.3, -0.25) is 10.1 Å². The summed E-state index contributed by atoms with van der Waals surface area (Å²) in [5, 5.41) is 14.1. The zero-order valence-corrected chi connectivity index (χ0v) is 11.2. The number of benzene rings is 1. The van der Waals surface area contributed by atoms with Gasteiger partial charge in [0.1, 0.15) is 0 Å². The van der Waals surface area contributed by atoms with Crippen molar-refractivity contribution in [1.82, 2.24) is 5.32 Å². The number of hydrogen-bond acceptors (Lipinski definition) is 4. The fourth-order valence-corrected chi connectivity index (χ4v) is 2.26. The molecular weight excluding hydrogens is 244 g/mol. The van der Waals surface area contributed by atoms with Gasteiger partial charge in [0.05, 0.1) is 4.92 Å². The van der Waals surface area contributed by atoms with Crippen molar-refractivity contribution in [3.8, 4) is 0 Å². The summed E-state index contributed by atoms with van der Waals surface area (Å²) in [5.41, 5.74) is 1.51. The van der Waals surface area contributed by atoms with Crippen molar-refractivity contribution in [3.63, 3.8) is 0 Å². The molecule has 0 aromatic heterocycles. The minimum atomic E-state index is -0.357. The van der Waals surface area contributed by atoms with Gasteiger partial charge in [-0.15, -0.1) is 0 Å². The predicted octanol–water partition coefficient (Wildman–Crippen LogP) is 2.50. The SMILES string of the molecule is COCCC1(CNCc2cccc([N+](=O)[O-])c2)CC1. The van der Waals surface area contributed by atoms with E-state index < -0.39 is 0 Å². The van der Waals surface area contributed by atoms with Crippen molar-refractivity contribution in [2.45, 2.75) is 25.8 Å². The minimum Gasteiger partial charge on any atom is -0.385 e. The Balaban J connectivity index is 1.79. The van der Waals surface area contributed by atoms with Crippen LogP contribution in [-0.2, 0) is 11.3 Å². The van der Waals surface area contributed by atoms with Crippen LogP contribution < -0.4 is 5.32 Å². The molecule has 1 saturated carbocycles. The van der Waals surface area contributed by atoms with Gasteiger partial charge < -0.3 is 10.1 Å². The Kier molecular flexibility index (Phi) is 4.50. The highest BCUT2D eigenvalue weighted by Crippen LogP contribution is 2.48. The van der Waals surface area contributed by atoms with Gasteiger partial charge in [0.2, 0.25) is 0 Å². The van der Waals surface area contributed by atoms with Crippen molar-refractivity contribution in [2.24, 2.45) is 5.41 Å². The van der Waals surface area contributed by atoms with Gasteiger partial charge in [-0.1, -0.05) is 12.1 Å². The number of nitrogens with zero attached hydrogens (tertiary/aromatic N) is 1. The molecule has 1 aliphatic carbocycles. The van der Waals surface area contributed by atoms with Gasteiger partial charge in [0.15, 0.2) is 0 Å². The van der Waals surface area contributed by atoms with Gasteiger partial charge in [-0.05, 0) is 30.2 Å². The first-order chi connectivity index (χ1) is 9.15. The van der Waals surface area contributed by atoms with Crippen LogP contribution in [0.25, 0.3) is 0 Å². The molecule has 2 rings (SSSR count). The van der Waals surface area contributed by atoms with Crippen LogP contribution in [0.5, 0.6) is 0 Å². The van der Waals surface area contributed by atoms with Gasteiger partial charge in [0.25, 0.3) is 5.69 Å². The molecule has 0 aliphatic heterocycles. The Morgan fingerprint density at radius 2 is 2.26 bits per heavy atom. The Hall–Kier alpha value is -1.46. The van der Waals surface area contributed by atoms with E-state index in [4.69, 9.17) is 4.74 Å². The average molecular weight is 264 g/mol. The topological polar surface area (TPSA) is 64.4 Å². The van der Waals surface area contributed by atoms with Crippen LogP contribution in [0.1, 0.15) is 24.8 Å². The third kappa shape index (κ3) is 4.01. The van der Waals surface area contributed by atoms with Gasteiger partial charge in [0, 0.05) is 38.9 Å². The Morgan fingerprint density at radius 1 is 1.47 bits per heavy atom. The molecule has 1 aromatic carbocycles. The largest absolute Gasteiger partial charge is 0.385 e. The normalized spacial score (nSPS) is 16.3. The fraction of sp³-hybridized carbons (Fsp3) is 0.571. The molecule has 1 aliphatic rings. The highest BCUT2D eigenvalue weighted by Gasteiger charge is 2.41. The summed E-state index contributed by atoms with van der Waals surface area (Å²) >= 11 is 0. The lowest BCUT2D eigenvalue weighted by molar-refractivity contribution is -0.384. The first-order valence-electron chi connectivity index (χ1n) is 6.58. The molecule has 104 valence electrons. The molecule has 5 heteroatoms. The summed E-state index contributed by atoms with van der Waals surface area (Å²) in [4.78, 5) is 10.3. The summed E-state index contributed by atoms with van der Waals surface area (Å²) in [6, 6.07) is 6.79. The lowest BCUT2D eigenvalue weighted by Gasteiger charge is -2.15. The van der Waals surface area contributed by atoms with E-state index in [1.165, 1.54) is 18.9 Å². The van der Waals surface area contributed by atoms with E-state index in [2.05, 4.69) is 5.32 Å². The van der Waals surface area contributed by atoms with Crippen LogP contribution in [0.15, 0.2) is 24.3 Å². The van der Waals surface area contributed by atoms with Crippen LogP contribution in [0.2, 0.25) is 0 Å². The number of hydrogen-bond donors (Lipinski definition) is 1. The molecule has 0 radical (unpaired) electrons. The summed E-state index contributed by atoms with van der Waals surface area (Å²) in [6.07, 6.45) is 3.59. The Bertz CT molecular complexity index is 444. The first-order valence-corrected chi connectivity index (χ1v) is 6.58. The minimum absolute atomic E-state index is 0.153. The van der Waals surface area contributed by atoms with E-state index in [1.54, 1.807) is 19.2 Å². The Labute approximate surface area is 113 Å². The fourth-order valence-electron chi connectivity index (χ4n) is 2.26. The van der Waals surface area contributed by atoms with Crippen molar-refractivity contribution in [1.29, 1.82) is 0 Å². The molecule has 5 nitrogen and oxygen atoms in total. The van der Waals surface area contributed by atoms with Gasteiger partial charge in [-0.25, -0.2) is 0 Å². The number of nitro benzene ring substituents is 1. The standard InChI is InChI=1S/C14H20N2O3/c1-19-8-7-14(5-6-14)11-15-10-12-3-2-4-13(9-12)16(17)18/h2-4,9,15H,5-8,10-11H2,1H3. The third-order valence-corrected chi connectivity index (χ3v) is 3.74. The second-order valence-electron chi connectivity index (χ2n) is 5.27. The number of methoxy groups -OCH3 is 1. The van der Waals surface area contributed by atoms with E-state index >= 15 is 0 Å². The third-order valence-electron chi connectivity index (χ3n) is 3.74. The molecule has 0 unspecified atom stereocenters. The molecule has 1 aromatic rings. The van der Waals surface area contributed by atoms with Crippen LogP contribution in [0, 0.1) is 15.5 Å². The predicted molar refractivity (Wildman–Crippen MR) is 73.0 cm³/mol. The molecular formula is C14H20N2O3. The van der Waals surface area contributed by atoms with Crippen LogP contribution in [-0.4, -0.2) is 25.2 Å². The van der Waals surface area contributed by atoms with E-state index in [0.717, 1.165) is 25.1 Å². The maximum atomic E-state index is 10.7. The number of non-ortho nitro benzene ring substituents is 1. The van der Waals surface area contributed by atoms with Crippen LogP contribution in [0.3, 0.4) is 0 Å². The van der Waals surface area contributed by atoms with Crippen LogP contribution in [0.4, 0.5) is 5.69 Å². The average Bonchev–Trinajstić information content (AvgIpc) is 3.17. The quantitative estimate of drug-likeness (QED) is 0.578. The summed E-state index contributed by atoms with van der Waals surface area (Å²) in [6.45, 7) is 2.44. The maximum absolute atomic E-state index is 10.7. The number of rotatable bonds is 8. The van der Waals surface area contributed by atoms with Crippen molar-refractivity contribution in [2.75, 3.05) is 20.3 Å². The molecule has 1 N–H and O–H groups in total. The highest BCUT2D eigenvalue weighted by atomic mass is 16.6. The molecule has 0 amide bonds. The second-order valence-corrected chi connectivity index (χ2v) is 5.27.